The van der Waals surface area contributed by atoms with Gasteiger partial charge in [0.05, 0.1) is 5.75 Å². The maximum absolute atomic E-state index is 5.03. The van der Waals surface area contributed by atoms with Crippen molar-refractivity contribution in [3.05, 3.63) is 0 Å². The fourth-order valence-corrected chi connectivity index (χ4v) is 0.342. The molecule has 2 heteroatoms. The van der Waals surface area contributed by atoms with Crippen LogP contribution in [0.25, 0.3) is 0 Å². The fourth-order valence-electron chi connectivity index (χ4n) is 0.114. The Morgan fingerprint density at radius 3 is 2.67 bits per heavy atom. The van der Waals surface area contributed by atoms with Crippen molar-refractivity contribution in [2.45, 2.75) is 6.92 Å². The maximum Gasteiger partial charge on any atom is 0.0690 e. The summed E-state index contributed by atoms with van der Waals surface area (Å²) in [6, 6.07) is 0. The van der Waals surface area contributed by atoms with Crippen molar-refractivity contribution >= 4 is 11.9 Å². The molecule has 0 heterocycles. The van der Waals surface area contributed by atoms with Crippen molar-refractivity contribution in [3.63, 3.8) is 0 Å². The van der Waals surface area contributed by atoms with Crippen LogP contribution in [0.2, 0.25) is 0 Å². The van der Waals surface area contributed by atoms with E-state index in [4.69, 9.17) is 5.14 Å². The molecule has 1 nitrogen and oxygen atoms in total. The smallest absolute Gasteiger partial charge is 0.0690 e. The highest BCUT2D eigenvalue weighted by Gasteiger charge is 1.63. The van der Waals surface area contributed by atoms with Crippen molar-refractivity contribution in [1.29, 1.82) is 0 Å². The van der Waals surface area contributed by atoms with Crippen LogP contribution in [0.4, 0.5) is 0 Å². The topological polar surface area (TPSA) is 26.0 Å². The summed E-state index contributed by atoms with van der Waals surface area (Å²) < 4.78 is 0. The van der Waals surface area contributed by atoms with E-state index in [2.05, 4.69) is 11.8 Å². The average Bonchev–Trinajstić information content (AvgIpc) is 1.61. The van der Waals surface area contributed by atoms with Gasteiger partial charge in [0.15, 0.2) is 0 Å². The molecule has 0 aliphatic rings. The van der Waals surface area contributed by atoms with E-state index in [0.29, 0.717) is 0 Å². The molecule has 34 valence electrons. The van der Waals surface area contributed by atoms with E-state index in [1.165, 1.54) is 11.9 Å². The zero-order chi connectivity index (χ0) is 4.83. The van der Waals surface area contributed by atoms with Gasteiger partial charge in [0.25, 0.3) is 0 Å². The lowest BCUT2D eigenvalue weighted by Crippen LogP contribution is -1.77. The molecular weight excluding hydrogens is 94.1 g/mol. The largest absolute Gasteiger partial charge is 0.277 e. The highest BCUT2D eigenvalue weighted by molar-refractivity contribution is 7.97. The van der Waals surface area contributed by atoms with Crippen LogP contribution in [-0.4, -0.2) is 5.75 Å². The minimum Gasteiger partial charge on any atom is -0.277 e. The van der Waals surface area contributed by atoms with Crippen LogP contribution in [0, 0.1) is 11.8 Å². The first-order valence-corrected chi connectivity index (χ1v) is 2.68. The summed E-state index contributed by atoms with van der Waals surface area (Å²) in [6.07, 6.45) is 0. The minimum absolute atomic E-state index is 0.747. The minimum atomic E-state index is 0.747. The first-order valence-electron chi connectivity index (χ1n) is 1.63. The Labute approximate surface area is 42.4 Å². The standard InChI is InChI=1S/C4H7NS/c1-2-3-4-6-5/h4-5H2,1H3. The Morgan fingerprint density at radius 1 is 1.83 bits per heavy atom. The van der Waals surface area contributed by atoms with E-state index in [1.807, 2.05) is 0 Å². The summed E-state index contributed by atoms with van der Waals surface area (Å²) in [4.78, 5) is 0. The predicted octanol–water partition coefficient (Wildman–Crippen LogP) is 0.617. The zero-order valence-corrected chi connectivity index (χ0v) is 4.51. The highest BCUT2D eigenvalue weighted by atomic mass is 32.2. The Balaban J connectivity index is 2.79. The second-order valence-corrected chi connectivity index (χ2v) is 1.36. The van der Waals surface area contributed by atoms with Crippen LogP contribution >= 0.6 is 11.9 Å². The molecular formula is C4H7NS. The van der Waals surface area contributed by atoms with E-state index in [1.54, 1.807) is 6.92 Å². The molecule has 0 aliphatic carbocycles. The summed E-state index contributed by atoms with van der Waals surface area (Å²) in [5.74, 6) is 6.25. The van der Waals surface area contributed by atoms with Crippen molar-refractivity contribution < 1.29 is 0 Å². The summed E-state index contributed by atoms with van der Waals surface area (Å²) in [5, 5.41) is 5.03. The van der Waals surface area contributed by atoms with E-state index in [-0.39, 0.29) is 0 Å². The fraction of sp³-hybridized carbons (Fsp3) is 0.500. The second-order valence-electron chi connectivity index (χ2n) is 0.738. The van der Waals surface area contributed by atoms with Gasteiger partial charge >= 0.3 is 0 Å². The van der Waals surface area contributed by atoms with Crippen molar-refractivity contribution in [2.24, 2.45) is 5.14 Å². The van der Waals surface area contributed by atoms with Crippen LogP contribution in [0.3, 0.4) is 0 Å². The average molecular weight is 101 g/mol. The molecule has 6 heavy (non-hydrogen) atoms. The van der Waals surface area contributed by atoms with Gasteiger partial charge in [0, 0.05) is 0 Å². The first kappa shape index (κ1) is 5.87. The van der Waals surface area contributed by atoms with Crippen LogP contribution in [-0.2, 0) is 0 Å². The summed E-state index contributed by atoms with van der Waals surface area (Å²) in [5.41, 5.74) is 0. The predicted molar refractivity (Wildman–Crippen MR) is 30.1 cm³/mol. The molecule has 0 radical (unpaired) electrons. The maximum atomic E-state index is 5.03. The van der Waals surface area contributed by atoms with Crippen molar-refractivity contribution in [2.75, 3.05) is 5.75 Å². The number of nitrogens with two attached hydrogens (primary N) is 1. The molecule has 0 spiro atoms. The van der Waals surface area contributed by atoms with Crippen LogP contribution in [0.1, 0.15) is 6.92 Å². The van der Waals surface area contributed by atoms with Gasteiger partial charge < -0.3 is 0 Å². The third-order valence-electron chi connectivity index (χ3n) is 0.332. The number of rotatable bonds is 1. The van der Waals surface area contributed by atoms with Gasteiger partial charge in [-0.05, 0) is 6.92 Å². The van der Waals surface area contributed by atoms with Crippen molar-refractivity contribution in [3.8, 4) is 11.8 Å². The van der Waals surface area contributed by atoms with E-state index in [9.17, 15) is 0 Å². The monoisotopic (exact) mass is 101 g/mol. The van der Waals surface area contributed by atoms with Crippen LogP contribution in [0.15, 0.2) is 0 Å². The molecule has 0 aromatic carbocycles. The van der Waals surface area contributed by atoms with Crippen molar-refractivity contribution in [1.82, 2.24) is 0 Å². The molecule has 2 N–H and O–H groups in total. The number of hydrogen-bond donors (Lipinski definition) is 1. The summed E-state index contributed by atoms with van der Waals surface area (Å²) in [6.45, 7) is 1.80. The Morgan fingerprint density at radius 2 is 2.50 bits per heavy atom. The Bertz CT molecular complexity index is 69.4. The lowest BCUT2D eigenvalue weighted by molar-refractivity contribution is 1.82. The Hall–Kier alpha value is -0.130. The lowest BCUT2D eigenvalue weighted by atomic mass is 10.7. The lowest BCUT2D eigenvalue weighted by Gasteiger charge is -1.73. The van der Waals surface area contributed by atoms with Gasteiger partial charge in [-0.1, -0.05) is 17.9 Å². The van der Waals surface area contributed by atoms with Gasteiger partial charge in [-0.3, -0.25) is 5.14 Å². The van der Waals surface area contributed by atoms with Gasteiger partial charge in [-0.25, -0.2) is 0 Å². The molecule has 0 saturated heterocycles. The van der Waals surface area contributed by atoms with Gasteiger partial charge in [0.1, 0.15) is 0 Å². The van der Waals surface area contributed by atoms with Gasteiger partial charge in [-0.2, -0.15) is 0 Å². The van der Waals surface area contributed by atoms with E-state index >= 15 is 0 Å². The Kier molecular flexibility index (Phi) is 4.76. The summed E-state index contributed by atoms with van der Waals surface area (Å²) >= 11 is 1.25. The molecule has 0 amide bonds. The normalized spacial score (nSPS) is 6.33. The third kappa shape index (κ3) is 3.87. The zero-order valence-electron chi connectivity index (χ0n) is 3.69. The van der Waals surface area contributed by atoms with Gasteiger partial charge in [0.2, 0.25) is 0 Å². The molecule has 0 bridgehead atoms. The highest BCUT2D eigenvalue weighted by Crippen LogP contribution is 1.78. The van der Waals surface area contributed by atoms with Crippen LogP contribution < -0.4 is 5.14 Å². The molecule has 0 aromatic rings. The molecule has 0 rings (SSSR count). The third-order valence-corrected chi connectivity index (χ3v) is 0.643. The van der Waals surface area contributed by atoms with E-state index in [0.717, 1.165) is 5.75 Å². The summed E-state index contributed by atoms with van der Waals surface area (Å²) in [7, 11) is 0. The SMILES string of the molecule is CC#CCSN. The molecule has 0 saturated carbocycles. The molecule has 0 atom stereocenters. The van der Waals surface area contributed by atoms with Crippen LogP contribution in [0.5, 0.6) is 0 Å². The molecule has 0 aliphatic heterocycles. The second kappa shape index (κ2) is 4.87. The molecule has 0 fully saturated rings. The molecule has 0 unspecified atom stereocenters. The first-order chi connectivity index (χ1) is 2.91. The van der Waals surface area contributed by atoms with Gasteiger partial charge in [-0.15, -0.1) is 5.92 Å². The molecule has 0 aromatic heterocycles. The van der Waals surface area contributed by atoms with E-state index < -0.39 is 0 Å². The number of hydrogen-bond acceptors (Lipinski definition) is 2. The quantitative estimate of drug-likeness (QED) is 0.387.